The summed E-state index contributed by atoms with van der Waals surface area (Å²) in [6, 6.07) is 15.8. The highest BCUT2D eigenvalue weighted by atomic mass is 32.1. The summed E-state index contributed by atoms with van der Waals surface area (Å²) in [5.74, 6) is -0.417. The van der Waals surface area contributed by atoms with Crippen LogP contribution < -0.4 is 4.74 Å². The molecule has 8 heteroatoms. The van der Waals surface area contributed by atoms with Crippen molar-refractivity contribution in [2.24, 2.45) is 0 Å². The van der Waals surface area contributed by atoms with Crippen LogP contribution in [0.1, 0.15) is 22.5 Å². The van der Waals surface area contributed by atoms with Crippen LogP contribution in [0, 0.1) is 19.7 Å². The van der Waals surface area contributed by atoms with E-state index in [0.717, 1.165) is 28.2 Å². The molecule has 2 aromatic carbocycles. The largest absolute Gasteiger partial charge is 0.489 e. The van der Waals surface area contributed by atoms with Crippen molar-refractivity contribution in [1.29, 1.82) is 0 Å². The molecule has 2 heterocycles. The lowest BCUT2D eigenvalue weighted by atomic mass is 10.1. The van der Waals surface area contributed by atoms with Gasteiger partial charge in [-0.3, -0.25) is 19.4 Å². The maximum absolute atomic E-state index is 13.1. The number of hydrogen-bond acceptors (Lipinski definition) is 4. The molecule has 0 spiro atoms. The van der Waals surface area contributed by atoms with Crippen LogP contribution in [-0.4, -0.2) is 45.4 Å². The number of aryl methyl sites for hydroxylation is 1. The molecule has 4 rings (SSSR count). The number of hydrogen-bond donors (Lipinski definition) is 0. The molecule has 1 aliphatic rings. The number of carbonyl (C=O) groups is 2. The van der Waals surface area contributed by atoms with Crippen molar-refractivity contribution in [2.45, 2.75) is 20.5 Å². The zero-order chi connectivity index (χ0) is 24.6. The van der Waals surface area contributed by atoms with E-state index in [1.807, 2.05) is 48.7 Å². The molecule has 2 amide bonds. The van der Waals surface area contributed by atoms with Crippen molar-refractivity contribution in [3.05, 3.63) is 88.5 Å². The van der Waals surface area contributed by atoms with Gasteiger partial charge in [0.1, 0.15) is 23.7 Å². The lowest BCUT2D eigenvalue weighted by molar-refractivity contribution is -0.132. The van der Waals surface area contributed by atoms with Gasteiger partial charge in [0.15, 0.2) is 5.11 Å². The maximum atomic E-state index is 13.1. The number of carbonyl (C=O) groups excluding carboxylic acids is 2. The third-order valence-corrected chi connectivity index (χ3v) is 6.38. The Bertz CT molecular complexity index is 1280. The monoisotopic (exact) mass is 477 g/mol. The first-order valence-electron chi connectivity index (χ1n) is 10.7. The quantitative estimate of drug-likeness (QED) is 0.310. The number of rotatable bonds is 5. The topological polar surface area (TPSA) is 54.8 Å². The standard InChI is InChI=1S/C26H24FN3O3S/c1-16-13-19(14-23-24(31)28(3)26(34)29(4)25(23)32)17(2)30(16)21-9-11-22(12-10-21)33-15-18-5-7-20(27)8-6-18/h5-14H,15H2,1-4H3. The van der Waals surface area contributed by atoms with Gasteiger partial charge in [0.05, 0.1) is 0 Å². The fourth-order valence-electron chi connectivity index (χ4n) is 3.90. The SMILES string of the molecule is Cc1cc(C=C2C(=O)N(C)C(=S)N(C)C2=O)c(C)n1-c1ccc(OCc2ccc(F)cc2)cc1. The Morgan fingerprint density at radius 1 is 0.941 bits per heavy atom. The molecule has 0 aliphatic carbocycles. The molecule has 0 unspecified atom stereocenters. The Hall–Kier alpha value is -3.78. The minimum atomic E-state index is -0.416. The normalized spacial score (nSPS) is 14.1. The molecule has 6 nitrogen and oxygen atoms in total. The predicted octanol–water partition coefficient (Wildman–Crippen LogP) is 4.41. The second-order valence-corrected chi connectivity index (χ2v) is 8.50. The highest BCUT2D eigenvalue weighted by molar-refractivity contribution is 7.80. The number of thiocarbonyl (C=S) groups is 1. The Labute approximate surface area is 202 Å². The number of aromatic nitrogens is 1. The second-order valence-electron chi connectivity index (χ2n) is 8.14. The lowest BCUT2D eigenvalue weighted by Crippen LogP contribution is -2.52. The molecule has 34 heavy (non-hydrogen) atoms. The first kappa shape index (κ1) is 23.4. The second kappa shape index (κ2) is 9.23. The van der Waals surface area contributed by atoms with Gasteiger partial charge >= 0.3 is 0 Å². The molecule has 0 radical (unpaired) electrons. The average molecular weight is 478 g/mol. The van der Waals surface area contributed by atoms with Crippen molar-refractivity contribution in [1.82, 2.24) is 14.4 Å². The van der Waals surface area contributed by atoms with E-state index in [2.05, 4.69) is 0 Å². The minimum absolute atomic E-state index is 0.0726. The summed E-state index contributed by atoms with van der Waals surface area (Å²) in [5, 5.41) is 0.180. The summed E-state index contributed by atoms with van der Waals surface area (Å²) in [6.07, 6.45) is 1.62. The van der Waals surface area contributed by atoms with E-state index in [-0.39, 0.29) is 16.5 Å². The van der Waals surface area contributed by atoms with E-state index in [1.54, 1.807) is 32.3 Å². The van der Waals surface area contributed by atoms with Crippen molar-refractivity contribution in [3.8, 4) is 11.4 Å². The summed E-state index contributed by atoms with van der Waals surface area (Å²) in [4.78, 5) is 27.9. The summed E-state index contributed by atoms with van der Waals surface area (Å²) in [6.45, 7) is 4.24. The van der Waals surface area contributed by atoms with Crippen molar-refractivity contribution in [3.63, 3.8) is 0 Å². The minimum Gasteiger partial charge on any atom is -0.489 e. The van der Waals surface area contributed by atoms with Gasteiger partial charge in [0.25, 0.3) is 11.8 Å². The molecule has 1 aromatic heterocycles. The van der Waals surface area contributed by atoms with Crippen LogP contribution in [0.25, 0.3) is 11.8 Å². The lowest BCUT2D eigenvalue weighted by Gasteiger charge is -2.31. The smallest absolute Gasteiger partial charge is 0.265 e. The van der Waals surface area contributed by atoms with Crippen molar-refractivity contribution in [2.75, 3.05) is 14.1 Å². The number of ether oxygens (including phenoxy) is 1. The third kappa shape index (κ3) is 4.36. The van der Waals surface area contributed by atoms with E-state index < -0.39 is 11.8 Å². The molecular weight excluding hydrogens is 453 g/mol. The number of amides is 2. The van der Waals surface area contributed by atoms with E-state index >= 15 is 0 Å². The highest BCUT2D eigenvalue weighted by Crippen LogP contribution is 2.26. The predicted molar refractivity (Wildman–Crippen MR) is 132 cm³/mol. The van der Waals surface area contributed by atoms with Gasteiger partial charge in [-0.15, -0.1) is 0 Å². The van der Waals surface area contributed by atoms with Gasteiger partial charge in [-0.05, 0) is 85.7 Å². The Kier molecular flexibility index (Phi) is 6.34. The number of halogens is 1. The Morgan fingerprint density at radius 2 is 1.53 bits per heavy atom. The molecule has 3 aromatic rings. The van der Waals surface area contributed by atoms with E-state index in [4.69, 9.17) is 17.0 Å². The fraction of sp³-hybridized carbons (Fsp3) is 0.192. The molecule has 0 bridgehead atoms. The first-order chi connectivity index (χ1) is 16.2. The van der Waals surface area contributed by atoms with E-state index in [1.165, 1.54) is 21.9 Å². The van der Waals surface area contributed by atoms with Gasteiger partial charge in [0, 0.05) is 31.2 Å². The van der Waals surface area contributed by atoms with Crippen molar-refractivity contribution >= 4 is 35.2 Å². The van der Waals surface area contributed by atoms with Crippen LogP contribution >= 0.6 is 12.2 Å². The first-order valence-corrected chi connectivity index (χ1v) is 11.1. The average Bonchev–Trinajstić information content (AvgIpc) is 3.12. The van der Waals surface area contributed by atoms with Gasteiger partial charge < -0.3 is 9.30 Å². The van der Waals surface area contributed by atoms with Crippen LogP contribution in [0.15, 0.2) is 60.2 Å². The van der Waals surface area contributed by atoms with Gasteiger partial charge in [-0.25, -0.2) is 4.39 Å². The maximum Gasteiger partial charge on any atom is 0.265 e. The molecule has 0 atom stereocenters. The summed E-state index contributed by atoms with van der Waals surface area (Å²) in [5.41, 5.74) is 4.50. The molecule has 0 N–H and O–H groups in total. The van der Waals surface area contributed by atoms with Crippen LogP contribution in [0.4, 0.5) is 4.39 Å². The molecule has 1 aliphatic heterocycles. The number of likely N-dealkylation sites (N-methyl/N-ethyl adjacent to an activating group) is 2. The highest BCUT2D eigenvalue weighted by Gasteiger charge is 2.35. The Balaban J connectivity index is 1.57. The molecule has 0 saturated carbocycles. The number of benzene rings is 2. The summed E-state index contributed by atoms with van der Waals surface area (Å²) >= 11 is 5.15. The van der Waals surface area contributed by atoms with Gasteiger partial charge in [-0.1, -0.05) is 12.1 Å². The molecular formula is C26H24FN3O3S. The Morgan fingerprint density at radius 3 is 2.12 bits per heavy atom. The van der Waals surface area contributed by atoms with Crippen LogP contribution in [-0.2, 0) is 16.2 Å². The summed E-state index contributed by atoms with van der Waals surface area (Å²) < 4.78 is 20.9. The van der Waals surface area contributed by atoms with Gasteiger partial charge in [-0.2, -0.15) is 0 Å². The number of nitrogens with zero attached hydrogens (tertiary/aromatic N) is 3. The van der Waals surface area contributed by atoms with Crippen LogP contribution in [0.2, 0.25) is 0 Å². The zero-order valence-corrected chi connectivity index (χ0v) is 20.1. The van der Waals surface area contributed by atoms with Crippen LogP contribution in [0.5, 0.6) is 5.75 Å². The zero-order valence-electron chi connectivity index (χ0n) is 19.3. The van der Waals surface area contributed by atoms with E-state index in [9.17, 15) is 14.0 Å². The third-order valence-electron chi connectivity index (χ3n) is 5.83. The molecule has 1 saturated heterocycles. The van der Waals surface area contributed by atoms with Crippen molar-refractivity contribution < 1.29 is 18.7 Å². The van der Waals surface area contributed by atoms with E-state index in [0.29, 0.717) is 12.4 Å². The molecule has 174 valence electrons. The summed E-state index contributed by atoms with van der Waals surface area (Å²) in [7, 11) is 3.12. The van der Waals surface area contributed by atoms with Gasteiger partial charge in [0.2, 0.25) is 0 Å². The molecule has 1 fully saturated rings. The van der Waals surface area contributed by atoms with Crippen LogP contribution in [0.3, 0.4) is 0 Å². The fourth-order valence-corrected chi connectivity index (χ4v) is 4.07.